The van der Waals surface area contributed by atoms with Crippen LogP contribution in [-0.2, 0) is 0 Å². The van der Waals surface area contributed by atoms with Gasteiger partial charge in [0.25, 0.3) is 0 Å². The second-order valence-electron chi connectivity index (χ2n) is 7.44. The summed E-state index contributed by atoms with van der Waals surface area (Å²) in [5.41, 5.74) is 7.12. The van der Waals surface area contributed by atoms with Gasteiger partial charge in [-0.15, -0.1) is 0 Å². The van der Waals surface area contributed by atoms with E-state index in [0.717, 1.165) is 17.1 Å². The zero-order valence-corrected chi connectivity index (χ0v) is 15.2. The number of nitrogens with one attached hydrogen (secondary N) is 3. The highest BCUT2D eigenvalue weighted by Gasteiger charge is 2.22. The monoisotopic (exact) mass is 321 g/mol. The predicted molar refractivity (Wildman–Crippen MR) is 106 cm³/mol. The summed E-state index contributed by atoms with van der Waals surface area (Å²) in [4.78, 5) is 0. The largest absolute Gasteiger partial charge is 0.383 e. The highest BCUT2D eigenvalue weighted by Crippen LogP contribution is 2.35. The third-order valence-corrected chi connectivity index (χ3v) is 4.11. The minimum absolute atomic E-state index is 0.00523. The van der Waals surface area contributed by atoms with Gasteiger partial charge in [-0.1, -0.05) is 6.08 Å². The molecular formula is C21H27N3. The number of fused-ring (bicyclic) bond motifs is 1. The molecule has 1 aliphatic rings. The second-order valence-corrected chi connectivity index (χ2v) is 7.44. The standard InChI is InChI=1S/C21H27N3/c1-14(2)22-16-6-8-17(9-7-16)23-18-10-11-20-19(12-18)15(3)13-21(4,5)24-20/h6-14,22-24H,1-5H3. The van der Waals surface area contributed by atoms with Gasteiger partial charge in [-0.25, -0.2) is 0 Å². The van der Waals surface area contributed by atoms with Gasteiger partial charge in [-0.05, 0) is 82.7 Å². The van der Waals surface area contributed by atoms with Crippen LogP contribution in [0.25, 0.3) is 5.57 Å². The molecule has 0 fully saturated rings. The van der Waals surface area contributed by atoms with Crippen LogP contribution in [0.3, 0.4) is 0 Å². The fourth-order valence-electron chi connectivity index (χ4n) is 3.21. The van der Waals surface area contributed by atoms with Crippen molar-refractivity contribution in [2.75, 3.05) is 16.0 Å². The molecule has 3 nitrogen and oxygen atoms in total. The van der Waals surface area contributed by atoms with Crippen molar-refractivity contribution in [3.63, 3.8) is 0 Å². The lowest BCUT2D eigenvalue weighted by molar-refractivity contribution is 0.707. The van der Waals surface area contributed by atoms with Gasteiger partial charge >= 0.3 is 0 Å². The Bertz CT molecular complexity index is 755. The Hall–Kier alpha value is -2.42. The van der Waals surface area contributed by atoms with Gasteiger partial charge in [0.2, 0.25) is 0 Å². The summed E-state index contributed by atoms with van der Waals surface area (Å²) in [6, 6.07) is 15.4. The average Bonchev–Trinajstić information content (AvgIpc) is 2.48. The number of rotatable bonds is 4. The van der Waals surface area contributed by atoms with Gasteiger partial charge in [-0.2, -0.15) is 0 Å². The lowest BCUT2D eigenvalue weighted by Gasteiger charge is -2.31. The van der Waals surface area contributed by atoms with Crippen molar-refractivity contribution in [2.45, 2.75) is 46.2 Å². The SMILES string of the molecule is CC1=CC(C)(C)Nc2ccc(Nc3ccc(NC(C)C)cc3)cc21. The van der Waals surface area contributed by atoms with Crippen LogP contribution < -0.4 is 16.0 Å². The molecule has 24 heavy (non-hydrogen) atoms. The van der Waals surface area contributed by atoms with Gasteiger partial charge in [0.15, 0.2) is 0 Å². The molecular weight excluding hydrogens is 294 g/mol. The van der Waals surface area contributed by atoms with Crippen molar-refractivity contribution in [1.29, 1.82) is 0 Å². The maximum atomic E-state index is 3.57. The number of hydrogen-bond donors (Lipinski definition) is 3. The van der Waals surface area contributed by atoms with E-state index in [0.29, 0.717) is 6.04 Å². The summed E-state index contributed by atoms with van der Waals surface area (Å²) < 4.78 is 0. The Balaban J connectivity index is 1.78. The van der Waals surface area contributed by atoms with Gasteiger partial charge < -0.3 is 16.0 Å². The number of hydrogen-bond acceptors (Lipinski definition) is 3. The first-order chi connectivity index (χ1) is 11.3. The molecule has 3 heteroatoms. The normalized spacial score (nSPS) is 15.3. The molecule has 0 radical (unpaired) electrons. The van der Waals surface area contributed by atoms with Crippen LogP contribution in [0.4, 0.5) is 22.7 Å². The van der Waals surface area contributed by atoms with Crippen molar-refractivity contribution >= 4 is 28.3 Å². The third-order valence-electron chi connectivity index (χ3n) is 4.11. The minimum atomic E-state index is 0.00523. The van der Waals surface area contributed by atoms with Crippen LogP contribution in [0.1, 0.15) is 40.2 Å². The van der Waals surface area contributed by atoms with Gasteiger partial charge in [0.05, 0.1) is 5.54 Å². The van der Waals surface area contributed by atoms with Crippen LogP contribution in [0.5, 0.6) is 0 Å². The van der Waals surface area contributed by atoms with Crippen molar-refractivity contribution < 1.29 is 0 Å². The first-order valence-electron chi connectivity index (χ1n) is 8.58. The highest BCUT2D eigenvalue weighted by molar-refractivity contribution is 5.83. The Labute approximate surface area is 145 Å². The molecule has 0 aromatic heterocycles. The zero-order valence-electron chi connectivity index (χ0n) is 15.2. The highest BCUT2D eigenvalue weighted by atomic mass is 15.0. The molecule has 2 aromatic carbocycles. The summed E-state index contributed by atoms with van der Waals surface area (Å²) in [5, 5.41) is 10.5. The van der Waals surface area contributed by atoms with E-state index in [1.807, 2.05) is 0 Å². The molecule has 0 saturated heterocycles. The summed E-state index contributed by atoms with van der Waals surface area (Å²) in [6.45, 7) is 10.9. The number of allylic oxidation sites excluding steroid dienone is 1. The maximum absolute atomic E-state index is 3.57. The average molecular weight is 321 g/mol. The summed E-state index contributed by atoms with van der Waals surface area (Å²) >= 11 is 0. The van der Waals surface area contributed by atoms with Gasteiger partial charge in [0, 0.05) is 34.4 Å². The van der Waals surface area contributed by atoms with Crippen LogP contribution in [0.2, 0.25) is 0 Å². The topological polar surface area (TPSA) is 36.1 Å². The lowest BCUT2D eigenvalue weighted by Crippen LogP contribution is -2.31. The van der Waals surface area contributed by atoms with E-state index < -0.39 is 0 Å². The molecule has 0 aliphatic carbocycles. The van der Waals surface area contributed by atoms with E-state index in [1.54, 1.807) is 0 Å². The van der Waals surface area contributed by atoms with Crippen molar-refractivity contribution in [1.82, 2.24) is 0 Å². The molecule has 1 aliphatic heterocycles. The van der Waals surface area contributed by atoms with E-state index in [2.05, 4.69) is 99.1 Å². The Morgan fingerprint density at radius 1 is 0.917 bits per heavy atom. The van der Waals surface area contributed by atoms with Crippen molar-refractivity contribution in [2.24, 2.45) is 0 Å². The fraction of sp³-hybridized carbons (Fsp3) is 0.333. The Kier molecular flexibility index (Phi) is 4.27. The molecule has 0 amide bonds. The first kappa shape index (κ1) is 16.4. The van der Waals surface area contributed by atoms with Crippen LogP contribution >= 0.6 is 0 Å². The van der Waals surface area contributed by atoms with Crippen molar-refractivity contribution in [3.8, 4) is 0 Å². The molecule has 0 saturated carbocycles. The summed E-state index contributed by atoms with van der Waals surface area (Å²) in [7, 11) is 0. The van der Waals surface area contributed by atoms with E-state index >= 15 is 0 Å². The maximum Gasteiger partial charge on any atom is 0.0505 e. The second kappa shape index (κ2) is 6.23. The molecule has 3 rings (SSSR count). The molecule has 0 unspecified atom stereocenters. The van der Waals surface area contributed by atoms with Gasteiger partial charge in [0.1, 0.15) is 0 Å². The third kappa shape index (κ3) is 3.73. The van der Waals surface area contributed by atoms with E-state index in [9.17, 15) is 0 Å². The Morgan fingerprint density at radius 3 is 2.21 bits per heavy atom. The Morgan fingerprint density at radius 2 is 1.54 bits per heavy atom. The molecule has 0 spiro atoms. The minimum Gasteiger partial charge on any atom is -0.383 e. The van der Waals surface area contributed by atoms with E-state index in [-0.39, 0.29) is 5.54 Å². The van der Waals surface area contributed by atoms with Gasteiger partial charge in [-0.3, -0.25) is 0 Å². The molecule has 3 N–H and O–H groups in total. The van der Waals surface area contributed by atoms with Crippen LogP contribution in [-0.4, -0.2) is 11.6 Å². The van der Waals surface area contributed by atoms with E-state index in [4.69, 9.17) is 0 Å². The number of anilines is 4. The molecule has 0 atom stereocenters. The fourth-order valence-corrected chi connectivity index (χ4v) is 3.21. The quantitative estimate of drug-likeness (QED) is 0.660. The van der Waals surface area contributed by atoms with Crippen molar-refractivity contribution in [3.05, 3.63) is 54.1 Å². The van der Waals surface area contributed by atoms with Crippen LogP contribution in [0, 0.1) is 0 Å². The predicted octanol–water partition coefficient (Wildman–Crippen LogP) is 5.86. The molecule has 126 valence electrons. The summed E-state index contributed by atoms with van der Waals surface area (Å²) in [5.74, 6) is 0. The molecule has 2 aromatic rings. The smallest absolute Gasteiger partial charge is 0.0505 e. The zero-order chi connectivity index (χ0) is 17.3. The van der Waals surface area contributed by atoms with E-state index in [1.165, 1.54) is 16.8 Å². The first-order valence-corrected chi connectivity index (χ1v) is 8.58. The molecule has 1 heterocycles. The van der Waals surface area contributed by atoms with Crippen LogP contribution in [0.15, 0.2) is 48.5 Å². The molecule has 0 bridgehead atoms. The summed E-state index contributed by atoms with van der Waals surface area (Å²) in [6.07, 6.45) is 2.28. The number of benzene rings is 2. The lowest BCUT2D eigenvalue weighted by atomic mass is 9.91.